The zero-order valence-corrected chi connectivity index (χ0v) is 26.3. The van der Waals surface area contributed by atoms with Crippen molar-refractivity contribution in [2.75, 3.05) is 23.8 Å². The van der Waals surface area contributed by atoms with Crippen molar-refractivity contribution < 1.29 is 14.6 Å². The van der Waals surface area contributed by atoms with Crippen molar-refractivity contribution in [2.24, 2.45) is 10.2 Å². The van der Waals surface area contributed by atoms with E-state index in [2.05, 4.69) is 31.7 Å². The number of aliphatic hydroxyl groups excluding tert-OH is 1. The minimum Gasteiger partial charge on any atom is -0.490 e. The van der Waals surface area contributed by atoms with Crippen molar-refractivity contribution in [3.8, 4) is 11.5 Å². The van der Waals surface area contributed by atoms with E-state index in [4.69, 9.17) is 57.1 Å². The second kappa shape index (κ2) is 17.1. The number of hydrogen-bond donors (Lipinski definition) is 5. The van der Waals surface area contributed by atoms with Crippen molar-refractivity contribution in [3.63, 3.8) is 0 Å². The molecule has 0 radical (unpaired) electrons. The van der Waals surface area contributed by atoms with Gasteiger partial charge in [-0.2, -0.15) is 10.2 Å². The molecular weight excluding hydrogens is 639 g/mol. The highest BCUT2D eigenvalue weighted by molar-refractivity contribution is 7.80. The minimum absolute atomic E-state index is 0.00271. The molecule has 9 nitrogen and oxygen atoms in total. The van der Waals surface area contributed by atoms with Crippen LogP contribution >= 0.6 is 47.6 Å². The molecule has 13 heteroatoms. The first kappa shape index (κ1) is 32.6. The van der Waals surface area contributed by atoms with Gasteiger partial charge >= 0.3 is 0 Å². The topological polar surface area (TPSA) is 112 Å². The molecule has 4 aromatic rings. The second-order valence-corrected chi connectivity index (χ2v) is 10.7. The van der Waals surface area contributed by atoms with E-state index in [1.807, 2.05) is 36.4 Å². The third-order valence-electron chi connectivity index (χ3n) is 5.64. The number of nitrogens with one attached hydrogen (secondary N) is 4. The second-order valence-electron chi connectivity index (χ2n) is 9.01. The summed E-state index contributed by atoms with van der Waals surface area (Å²) in [6, 6.07) is 28.9. The van der Waals surface area contributed by atoms with Crippen LogP contribution in [0, 0.1) is 0 Å². The van der Waals surface area contributed by atoms with Gasteiger partial charge in [0.1, 0.15) is 30.8 Å². The Hall–Kier alpha value is -4.26. The molecule has 1 unspecified atom stereocenters. The smallest absolute Gasteiger partial charge is 0.191 e. The van der Waals surface area contributed by atoms with Gasteiger partial charge < -0.3 is 25.2 Å². The summed E-state index contributed by atoms with van der Waals surface area (Å²) in [7, 11) is 0. The Morgan fingerprint density at radius 3 is 1.45 bits per heavy atom. The highest BCUT2D eigenvalue weighted by Gasteiger charge is 2.10. The fraction of sp³-hybridized carbons (Fsp3) is 0.0968. The highest BCUT2D eigenvalue weighted by Crippen LogP contribution is 2.19. The van der Waals surface area contributed by atoms with Gasteiger partial charge in [0, 0.05) is 32.5 Å². The van der Waals surface area contributed by atoms with Gasteiger partial charge in [-0.15, -0.1) is 0 Å². The molecule has 0 aliphatic heterocycles. The molecule has 0 heterocycles. The third kappa shape index (κ3) is 11.1. The first-order valence-corrected chi connectivity index (χ1v) is 14.8. The molecule has 0 bridgehead atoms. The fourth-order valence-corrected chi connectivity index (χ4v) is 4.16. The van der Waals surface area contributed by atoms with Gasteiger partial charge in [-0.25, -0.2) is 0 Å². The van der Waals surface area contributed by atoms with Crippen LogP contribution < -0.4 is 31.0 Å². The monoisotopic (exact) mass is 666 g/mol. The van der Waals surface area contributed by atoms with E-state index in [0.717, 1.165) is 11.4 Å². The average molecular weight is 668 g/mol. The lowest BCUT2D eigenvalue weighted by Crippen LogP contribution is -2.26. The fourth-order valence-electron chi connectivity index (χ4n) is 3.56. The number of thiocarbonyl (C=S) groups is 2. The lowest BCUT2D eigenvalue weighted by Gasteiger charge is -2.15. The first-order chi connectivity index (χ1) is 21.4. The largest absolute Gasteiger partial charge is 0.490 e. The summed E-state index contributed by atoms with van der Waals surface area (Å²) in [5, 5.41) is 26.8. The molecular formula is C31H28Cl2N6O3S2. The SMILES string of the molecule is OC(COc1ccccc1/C=N\NC(=S)Nc1ccc(Cl)cc1)COc1ccccc1/C=N/NC(=S)Nc1ccc(Cl)cc1. The van der Waals surface area contributed by atoms with E-state index >= 15 is 0 Å². The van der Waals surface area contributed by atoms with Crippen molar-refractivity contribution in [2.45, 2.75) is 6.10 Å². The van der Waals surface area contributed by atoms with E-state index in [1.54, 1.807) is 73.1 Å². The molecule has 0 fully saturated rings. The average Bonchev–Trinajstić information content (AvgIpc) is 3.02. The van der Waals surface area contributed by atoms with Gasteiger partial charge in [-0.05, 0) is 97.2 Å². The molecule has 226 valence electrons. The Morgan fingerprint density at radius 2 is 1.05 bits per heavy atom. The molecule has 0 saturated carbocycles. The van der Waals surface area contributed by atoms with E-state index < -0.39 is 6.10 Å². The molecule has 0 aromatic heterocycles. The summed E-state index contributed by atoms with van der Waals surface area (Å²) in [6.07, 6.45) is 2.25. The van der Waals surface area contributed by atoms with Gasteiger partial charge in [-0.3, -0.25) is 10.9 Å². The Morgan fingerprint density at radius 1 is 0.659 bits per heavy atom. The Kier molecular flexibility index (Phi) is 12.7. The third-order valence-corrected chi connectivity index (χ3v) is 6.53. The van der Waals surface area contributed by atoms with E-state index in [-0.39, 0.29) is 13.2 Å². The number of aliphatic hydroxyl groups is 1. The zero-order valence-electron chi connectivity index (χ0n) is 23.1. The van der Waals surface area contributed by atoms with Gasteiger partial charge in [-0.1, -0.05) is 47.5 Å². The summed E-state index contributed by atoms with van der Waals surface area (Å²) in [6.45, 7) is -0.00542. The lowest BCUT2D eigenvalue weighted by molar-refractivity contribution is 0.0625. The molecule has 44 heavy (non-hydrogen) atoms. The highest BCUT2D eigenvalue weighted by atomic mass is 35.5. The van der Waals surface area contributed by atoms with Crippen LogP contribution in [0.5, 0.6) is 11.5 Å². The van der Waals surface area contributed by atoms with Crippen molar-refractivity contribution in [1.29, 1.82) is 0 Å². The molecule has 0 aliphatic carbocycles. The quantitative estimate of drug-likeness (QED) is 0.0661. The number of anilines is 2. The van der Waals surface area contributed by atoms with Crippen LogP contribution in [0.2, 0.25) is 10.0 Å². The van der Waals surface area contributed by atoms with Crippen LogP contribution in [-0.4, -0.2) is 47.1 Å². The van der Waals surface area contributed by atoms with Crippen LogP contribution in [0.4, 0.5) is 11.4 Å². The summed E-state index contributed by atoms with van der Waals surface area (Å²) >= 11 is 22.4. The minimum atomic E-state index is -0.909. The molecule has 0 aliphatic rings. The normalized spacial score (nSPS) is 11.6. The van der Waals surface area contributed by atoms with Crippen molar-refractivity contribution in [3.05, 3.63) is 118 Å². The first-order valence-electron chi connectivity index (χ1n) is 13.2. The summed E-state index contributed by atoms with van der Waals surface area (Å²) in [4.78, 5) is 0. The Balaban J connectivity index is 1.23. The molecule has 4 rings (SSSR count). The van der Waals surface area contributed by atoms with E-state index in [1.165, 1.54) is 0 Å². The van der Waals surface area contributed by atoms with E-state index in [9.17, 15) is 5.11 Å². The number of hydrogen-bond acceptors (Lipinski definition) is 7. The van der Waals surface area contributed by atoms with Crippen LogP contribution in [-0.2, 0) is 0 Å². The summed E-state index contributed by atoms with van der Waals surface area (Å²) in [5.41, 5.74) is 8.47. The van der Waals surface area contributed by atoms with Gasteiger partial charge in [0.25, 0.3) is 0 Å². The number of rotatable bonds is 12. The lowest BCUT2D eigenvalue weighted by atomic mass is 10.2. The van der Waals surface area contributed by atoms with Crippen molar-refractivity contribution >= 4 is 81.7 Å². The summed E-state index contributed by atoms with van der Waals surface area (Å²) in [5.74, 6) is 1.07. The maximum atomic E-state index is 10.6. The number of hydrazone groups is 2. The Bertz CT molecular complexity index is 1490. The van der Waals surface area contributed by atoms with Crippen molar-refractivity contribution in [1.82, 2.24) is 10.9 Å². The summed E-state index contributed by atoms with van der Waals surface area (Å²) < 4.78 is 11.7. The molecule has 4 aromatic carbocycles. The van der Waals surface area contributed by atoms with Crippen LogP contribution in [0.3, 0.4) is 0 Å². The van der Waals surface area contributed by atoms with Crippen LogP contribution in [0.1, 0.15) is 11.1 Å². The molecule has 0 spiro atoms. The van der Waals surface area contributed by atoms with E-state index in [0.29, 0.717) is 42.9 Å². The molecule has 1 atom stereocenters. The predicted octanol–water partition coefficient (Wildman–Crippen LogP) is 6.45. The maximum Gasteiger partial charge on any atom is 0.191 e. The number of halogens is 2. The number of nitrogens with zero attached hydrogens (tertiary/aromatic N) is 2. The molecule has 5 N–H and O–H groups in total. The Labute approximate surface area is 275 Å². The van der Waals surface area contributed by atoms with Crippen LogP contribution in [0.25, 0.3) is 0 Å². The van der Waals surface area contributed by atoms with Gasteiger partial charge in [0.05, 0.1) is 12.4 Å². The zero-order chi connectivity index (χ0) is 31.1. The van der Waals surface area contributed by atoms with Gasteiger partial charge in [0.2, 0.25) is 0 Å². The van der Waals surface area contributed by atoms with Gasteiger partial charge in [0.15, 0.2) is 10.2 Å². The number of para-hydroxylation sites is 2. The molecule has 0 amide bonds. The number of benzene rings is 4. The van der Waals surface area contributed by atoms with Crippen LogP contribution in [0.15, 0.2) is 107 Å². The molecule has 0 saturated heterocycles. The number of ether oxygens (including phenoxy) is 2. The maximum absolute atomic E-state index is 10.6. The standard InChI is InChI=1S/C31H28Cl2N6O3S2/c32-23-9-13-25(14-10-23)36-30(43)38-34-17-21-5-1-3-7-28(21)41-19-27(40)20-42-29-8-4-2-6-22(29)18-35-39-31(44)37-26-15-11-24(33)12-16-26/h1-18,27,40H,19-20H2,(H2,36,38,43)(H2,37,39,44)/b34-17-,35-18+. The predicted molar refractivity (Wildman–Crippen MR) is 187 cm³/mol.